The van der Waals surface area contributed by atoms with E-state index in [0.29, 0.717) is 24.7 Å². The van der Waals surface area contributed by atoms with Crippen LogP contribution in [0.1, 0.15) is 27.2 Å². The molecule has 25 heavy (non-hydrogen) atoms. The molecule has 5 nitrogen and oxygen atoms in total. The van der Waals surface area contributed by atoms with E-state index in [4.69, 9.17) is 0 Å². The van der Waals surface area contributed by atoms with Crippen molar-refractivity contribution in [3.05, 3.63) is 89.2 Å². The first-order valence-corrected chi connectivity index (χ1v) is 8.15. The normalized spacial score (nSPS) is 10.3. The molecule has 0 spiro atoms. The molecule has 0 fully saturated rings. The fourth-order valence-electron chi connectivity index (χ4n) is 2.44. The lowest BCUT2D eigenvalue weighted by atomic mass is 10.1. The van der Waals surface area contributed by atoms with Crippen molar-refractivity contribution in [1.29, 1.82) is 0 Å². The standard InChI is InChI=1S/C20H20N4O/c1-15-6-5-9-17(12-15)14-22-19(25)18-10-11-21-20(24-18)23-13-16-7-3-2-4-8-16/h2-12H,13-14H2,1H3,(H,22,25)(H,21,23,24). The summed E-state index contributed by atoms with van der Waals surface area (Å²) < 4.78 is 0. The molecule has 2 N–H and O–H groups in total. The van der Waals surface area contributed by atoms with Crippen molar-refractivity contribution in [2.45, 2.75) is 20.0 Å². The second kappa shape index (κ2) is 8.06. The van der Waals surface area contributed by atoms with E-state index in [2.05, 4.69) is 20.6 Å². The molecular formula is C20H20N4O. The first-order valence-electron chi connectivity index (χ1n) is 8.15. The fourth-order valence-corrected chi connectivity index (χ4v) is 2.44. The highest BCUT2D eigenvalue weighted by molar-refractivity contribution is 5.92. The number of rotatable bonds is 6. The summed E-state index contributed by atoms with van der Waals surface area (Å²) in [6, 6.07) is 19.6. The lowest BCUT2D eigenvalue weighted by Gasteiger charge is -2.08. The minimum absolute atomic E-state index is 0.216. The third kappa shape index (κ3) is 4.88. The Bertz CT molecular complexity index is 849. The van der Waals surface area contributed by atoms with Crippen LogP contribution in [-0.2, 0) is 13.1 Å². The van der Waals surface area contributed by atoms with E-state index >= 15 is 0 Å². The third-order valence-electron chi connectivity index (χ3n) is 3.72. The quantitative estimate of drug-likeness (QED) is 0.726. The van der Waals surface area contributed by atoms with Crippen LogP contribution in [0.4, 0.5) is 5.95 Å². The number of hydrogen-bond acceptors (Lipinski definition) is 4. The second-order valence-electron chi connectivity index (χ2n) is 5.78. The molecule has 0 aliphatic carbocycles. The molecule has 5 heteroatoms. The highest BCUT2D eigenvalue weighted by Gasteiger charge is 2.08. The molecule has 126 valence electrons. The molecule has 1 aromatic heterocycles. The van der Waals surface area contributed by atoms with E-state index in [1.54, 1.807) is 12.3 Å². The number of benzene rings is 2. The number of aryl methyl sites for hydroxylation is 1. The summed E-state index contributed by atoms with van der Waals surface area (Å²) >= 11 is 0. The van der Waals surface area contributed by atoms with E-state index in [1.807, 2.05) is 61.5 Å². The summed E-state index contributed by atoms with van der Waals surface area (Å²) in [5.74, 6) is 0.221. The van der Waals surface area contributed by atoms with Gasteiger partial charge in [-0.3, -0.25) is 4.79 Å². The molecule has 1 amide bonds. The van der Waals surface area contributed by atoms with Crippen LogP contribution >= 0.6 is 0 Å². The zero-order valence-electron chi connectivity index (χ0n) is 14.1. The first kappa shape index (κ1) is 16.6. The van der Waals surface area contributed by atoms with E-state index in [9.17, 15) is 4.79 Å². The molecule has 0 saturated heterocycles. The van der Waals surface area contributed by atoms with Gasteiger partial charge in [0.05, 0.1) is 0 Å². The minimum Gasteiger partial charge on any atom is -0.350 e. The second-order valence-corrected chi connectivity index (χ2v) is 5.78. The van der Waals surface area contributed by atoms with E-state index in [1.165, 1.54) is 5.56 Å². The van der Waals surface area contributed by atoms with E-state index in [-0.39, 0.29) is 5.91 Å². The van der Waals surface area contributed by atoms with Gasteiger partial charge in [-0.25, -0.2) is 9.97 Å². The van der Waals surface area contributed by atoms with Crippen molar-refractivity contribution in [3.8, 4) is 0 Å². The Labute approximate surface area is 147 Å². The lowest BCUT2D eigenvalue weighted by molar-refractivity contribution is 0.0946. The van der Waals surface area contributed by atoms with Gasteiger partial charge in [0.15, 0.2) is 0 Å². The molecule has 0 bridgehead atoms. The van der Waals surface area contributed by atoms with Crippen LogP contribution in [0.3, 0.4) is 0 Å². The maximum absolute atomic E-state index is 12.3. The average Bonchev–Trinajstić information content (AvgIpc) is 2.65. The number of nitrogens with one attached hydrogen (secondary N) is 2. The predicted octanol–water partition coefficient (Wildman–Crippen LogP) is 3.33. The Morgan fingerprint density at radius 3 is 2.56 bits per heavy atom. The number of amides is 1. The summed E-state index contributed by atoms with van der Waals surface area (Å²) in [4.78, 5) is 20.7. The topological polar surface area (TPSA) is 66.9 Å². The van der Waals surface area contributed by atoms with Crippen LogP contribution in [-0.4, -0.2) is 15.9 Å². The number of carbonyl (C=O) groups excluding carboxylic acids is 1. The molecule has 0 atom stereocenters. The molecule has 0 radical (unpaired) electrons. The van der Waals surface area contributed by atoms with E-state index < -0.39 is 0 Å². The van der Waals surface area contributed by atoms with Gasteiger partial charge in [0.1, 0.15) is 5.69 Å². The SMILES string of the molecule is Cc1cccc(CNC(=O)c2ccnc(NCc3ccccc3)n2)c1. The molecule has 0 aliphatic rings. The highest BCUT2D eigenvalue weighted by atomic mass is 16.1. The Kier molecular flexibility index (Phi) is 5.36. The molecule has 1 heterocycles. The maximum atomic E-state index is 12.3. The zero-order chi connectivity index (χ0) is 17.5. The third-order valence-corrected chi connectivity index (χ3v) is 3.72. The minimum atomic E-state index is -0.216. The number of anilines is 1. The van der Waals surface area contributed by atoms with Gasteiger partial charge in [-0.1, -0.05) is 60.2 Å². The van der Waals surface area contributed by atoms with Crippen LogP contribution in [0, 0.1) is 6.92 Å². The van der Waals surface area contributed by atoms with Crippen LogP contribution < -0.4 is 10.6 Å². The molecule has 2 aromatic carbocycles. The summed E-state index contributed by atoms with van der Waals surface area (Å²) in [6.07, 6.45) is 1.59. The van der Waals surface area contributed by atoms with Gasteiger partial charge < -0.3 is 10.6 Å². The number of hydrogen-bond donors (Lipinski definition) is 2. The highest BCUT2D eigenvalue weighted by Crippen LogP contribution is 2.06. The largest absolute Gasteiger partial charge is 0.350 e. The zero-order valence-corrected chi connectivity index (χ0v) is 14.1. The number of carbonyl (C=O) groups is 1. The summed E-state index contributed by atoms with van der Waals surface area (Å²) in [7, 11) is 0. The smallest absolute Gasteiger partial charge is 0.270 e. The van der Waals surface area contributed by atoms with Crippen molar-refractivity contribution >= 4 is 11.9 Å². The van der Waals surface area contributed by atoms with Gasteiger partial charge in [0.2, 0.25) is 5.95 Å². The maximum Gasteiger partial charge on any atom is 0.270 e. The Balaban J connectivity index is 1.59. The molecule has 0 saturated carbocycles. The molecule has 0 unspecified atom stereocenters. The van der Waals surface area contributed by atoms with Gasteiger partial charge in [0.25, 0.3) is 5.91 Å². The summed E-state index contributed by atoms with van der Waals surface area (Å²) in [5, 5.41) is 6.02. The van der Waals surface area contributed by atoms with Gasteiger partial charge in [0, 0.05) is 19.3 Å². The molecule has 3 rings (SSSR count). The average molecular weight is 332 g/mol. The van der Waals surface area contributed by atoms with Gasteiger partial charge >= 0.3 is 0 Å². The van der Waals surface area contributed by atoms with Gasteiger partial charge in [-0.05, 0) is 24.1 Å². The first-order chi connectivity index (χ1) is 12.2. The molecule has 0 aliphatic heterocycles. The van der Waals surface area contributed by atoms with Crippen molar-refractivity contribution in [2.24, 2.45) is 0 Å². The van der Waals surface area contributed by atoms with Crippen molar-refractivity contribution in [1.82, 2.24) is 15.3 Å². The predicted molar refractivity (Wildman–Crippen MR) is 98.1 cm³/mol. The summed E-state index contributed by atoms with van der Waals surface area (Å²) in [6.45, 7) is 3.10. The van der Waals surface area contributed by atoms with Crippen LogP contribution in [0.25, 0.3) is 0 Å². The Morgan fingerprint density at radius 2 is 1.76 bits per heavy atom. The van der Waals surface area contributed by atoms with Gasteiger partial charge in [-0.15, -0.1) is 0 Å². The fraction of sp³-hybridized carbons (Fsp3) is 0.150. The van der Waals surface area contributed by atoms with E-state index in [0.717, 1.165) is 11.1 Å². The number of aromatic nitrogens is 2. The summed E-state index contributed by atoms with van der Waals surface area (Å²) in [5.41, 5.74) is 3.70. The van der Waals surface area contributed by atoms with Crippen LogP contribution in [0.2, 0.25) is 0 Å². The Hall–Kier alpha value is -3.21. The van der Waals surface area contributed by atoms with Crippen LogP contribution in [0.5, 0.6) is 0 Å². The van der Waals surface area contributed by atoms with Gasteiger partial charge in [-0.2, -0.15) is 0 Å². The van der Waals surface area contributed by atoms with Crippen molar-refractivity contribution in [2.75, 3.05) is 5.32 Å². The number of nitrogens with zero attached hydrogens (tertiary/aromatic N) is 2. The monoisotopic (exact) mass is 332 g/mol. The molecular weight excluding hydrogens is 312 g/mol. The van der Waals surface area contributed by atoms with Crippen LogP contribution in [0.15, 0.2) is 66.9 Å². The van der Waals surface area contributed by atoms with Crippen molar-refractivity contribution < 1.29 is 4.79 Å². The van der Waals surface area contributed by atoms with Crippen molar-refractivity contribution in [3.63, 3.8) is 0 Å². The lowest BCUT2D eigenvalue weighted by Crippen LogP contribution is -2.24. The molecule has 3 aromatic rings. The Morgan fingerprint density at radius 1 is 0.960 bits per heavy atom.